The van der Waals surface area contributed by atoms with Gasteiger partial charge in [-0.15, -0.1) is 0 Å². The first kappa shape index (κ1) is 35.7. The molecule has 45 heavy (non-hydrogen) atoms. The van der Waals surface area contributed by atoms with Crippen LogP contribution in [0.25, 0.3) is 0 Å². The maximum Gasteiger partial charge on any atom is 0.326 e. The number of unbranched alkanes of at least 4 members (excludes halogenated alkanes) is 3. The molecule has 1 fully saturated rings. The molecule has 0 aromatic heterocycles. The van der Waals surface area contributed by atoms with E-state index in [4.69, 9.17) is 11.6 Å². The summed E-state index contributed by atoms with van der Waals surface area (Å²) in [5, 5.41) is 12.8. The highest BCUT2D eigenvalue weighted by Crippen LogP contribution is 2.42. The highest BCUT2D eigenvalue weighted by Gasteiger charge is 2.36. The molecule has 2 aromatic rings. The quantitative estimate of drug-likeness (QED) is 0.0868. The Morgan fingerprint density at radius 3 is 2.58 bits per heavy atom. The van der Waals surface area contributed by atoms with E-state index in [1.807, 2.05) is 24.3 Å². The predicted molar refractivity (Wildman–Crippen MR) is 177 cm³/mol. The monoisotopic (exact) mass is 700 g/mol. The normalized spacial score (nSPS) is 19.5. The number of carboxylic acids is 1. The highest BCUT2D eigenvalue weighted by molar-refractivity contribution is 7.97. The molecule has 2 aromatic carbocycles. The van der Waals surface area contributed by atoms with E-state index in [-0.39, 0.29) is 28.8 Å². The Kier molecular flexibility index (Phi) is 12.8. The number of hydrogen-bond donors (Lipinski definition) is 5. The van der Waals surface area contributed by atoms with Crippen LogP contribution in [0, 0.1) is 0 Å². The average Bonchev–Trinajstić information content (AvgIpc) is 3.50. The first-order valence-corrected chi connectivity index (χ1v) is 20.0. The fourth-order valence-electron chi connectivity index (χ4n) is 5.48. The van der Waals surface area contributed by atoms with E-state index in [0.29, 0.717) is 32.2 Å². The van der Waals surface area contributed by atoms with Crippen LogP contribution < -0.4 is 14.8 Å². The number of sulfonamides is 1. The third-order valence-corrected chi connectivity index (χ3v) is 12.6. The van der Waals surface area contributed by atoms with Gasteiger partial charge in [0.15, 0.2) is 0 Å². The number of aryl methyl sites for hydroxylation is 1. The van der Waals surface area contributed by atoms with Crippen LogP contribution in [0.2, 0.25) is 5.02 Å². The summed E-state index contributed by atoms with van der Waals surface area (Å²) in [6.07, 6.45) is 6.37. The van der Waals surface area contributed by atoms with Crippen molar-refractivity contribution >= 4 is 58.5 Å². The zero-order chi connectivity index (χ0) is 32.6. The van der Waals surface area contributed by atoms with Gasteiger partial charge in [-0.3, -0.25) is 9.36 Å². The summed E-state index contributed by atoms with van der Waals surface area (Å²) in [5.41, 5.74) is 2.67. The topological polar surface area (TPSA) is 165 Å². The van der Waals surface area contributed by atoms with E-state index in [1.165, 1.54) is 16.8 Å². The molecule has 0 bridgehead atoms. The van der Waals surface area contributed by atoms with E-state index in [0.717, 1.165) is 53.8 Å². The lowest BCUT2D eigenvalue weighted by Gasteiger charge is -2.28. The van der Waals surface area contributed by atoms with Gasteiger partial charge in [0.2, 0.25) is 23.3 Å². The lowest BCUT2D eigenvalue weighted by molar-refractivity contribution is -0.147. The summed E-state index contributed by atoms with van der Waals surface area (Å²) in [7, 11) is -7.55. The van der Waals surface area contributed by atoms with Crippen molar-refractivity contribution in [1.82, 2.24) is 14.3 Å². The number of benzene rings is 2. The minimum atomic E-state index is -3.86. The van der Waals surface area contributed by atoms with Crippen molar-refractivity contribution in [2.24, 2.45) is 0 Å². The Bertz CT molecular complexity index is 1510. The number of rotatable bonds is 16. The summed E-state index contributed by atoms with van der Waals surface area (Å²) < 4.78 is 44.7. The van der Waals surface area contributed by atoms with Crippen molar-refractivity contribution in [1.29, 1.82) is 0 Å². The number of carbonyl (C=O) groups excluding carboxylic acids is 1. The van der Waals surface area contributed by atoms with Gasteiger partial charge >= 0.3 is 5.97 Å². The summed E-state index contributed by atoms with van der Waals surface area (Å²) in [4.78, 5) is 36.0. The van der Waals surface area contributed by atoms with Gasteiger partial charge in [0.25, 0.3) is 0 Å². The predicted octanol–water partition coefficient (Wildman–Crippen LogP) is 5.42. The molecule has 2 aliphatic rings. The Balaban J connectivity index is 1.19. The number of aliphatic carboxylic acids is 1. The molecule has 3 unspecified atom stereocenters. The molecule has 3 atom stereocenters. The number of carboxylic acid groups (broad SMARTS) is 1. The molecule has 5 N–H and O–H groups in total. The molecule has 11 nitrogen and oxygen atoms in total. The molecule has 2 aliphatic heterocycles. The number of likely N-dealkylation sites (tertiary alicyclic amines) is 1. The molecule has 0 radical (unpaired) electrons. The SMILES string of the molecule is CCCCC1NSc2cc(S(=O)(=O)NCc3ccc(CCCCCP(=O)(O)CC(=O)N4CCCC4C(=O)O)cc3)c(Cl)cc2N1. The fraction of sp³-hybridized carbons (Fsp3) is 0.533. The minimum absolute atomic E-state index is 0.0167. The van der Waals surface area contributed by atoms with E-state index < -0.39 is 41.5 Å². The Labute approximate surface area is 274 Å². The molecule has 1 saturated heterocycles. The van der Waals surface area contributed by atoms with Gasteiger partial charge in [-0.2, -0.15) is 0 Å². The van der Waals surface area contributed by atoms with Crippen LogP contribution in [-0.4, -0.2) is 66.3 Å². The van der Waals surface area contributed by atoms with Gasteiger partial charge in [-0.05, 0) is 73.7 Å². The average molecular weight is 701 g/mol. The zero-order valence-electron chi connectivity index (χ0n) is 25.3. The van der Waals surface area contributed by atoms with Crippen LogP contribution in [0.4, 0.5) is 5.69 Å². The number of hydrogen-bond acceptors (Lipinski definition) is 8. The largest absolute Gasteiger partial charge is 0.480 e. The molecule has 0 aliphatic carbocycles. The van der Waals surface area contributed by atoms with Gasteiger partial charge in [0, 0.05) is 24.1 Å². The second-order valence-electron chi connectivity index (χ2n) is 11.6. The lowest BCUT2D eigenvalue weighted by atomic mass is 10.1. The summed E-state index contributed by atoms with van der Waals surface area (Å²) >= 11 is 7.80. The van der Waals surface area contributed by atoms with Gasteiger partial charge in [0.05, 0.1) is 16.9 Å². The number of nitrogens with zero attached hydrogens (tertiary/aromatic N) is 1. The smallest absolute Gasteiger partial charge is 0.326 e. The maximum absolute atomic E-state index is 13.1. The molecule has 2 heterocycles. The molecule has 1 amide bonds. The van der Waals surface area contributed by atoms with Crippen molar-refractivity contribution in [2.45, 2.75) is 93.3 Å². The Hall–Kier alpha value is -2.12. The van der Waals surface area contributed by atoms with Crippen molar-refractivity contribution in [3.63, 3.8) is 0 Å². The van der Waals surface area contributed by atoms with Crippen molar-refractivity contribution in [3.05, 3.63) is 52.5 Å². The van der Waals surface area contributed by atoms with Crippen molar-refractivity contribution < 1.29 is 32.6 Å². The second kappa shape index (κ2) is 16.1. The van der Waals surface area contributed by atoms with Gasteiger partial charge < -0.3 is 20.2 Å². The van der Waals surface area contributed by atoms with Crippen LogP contribution in [0.3, 0.4) is 0 Å². The molecule has 15 heteroatoms. The standard InChI is InChI=1S/C30H42ClN4O7PS2/c1-2-3-10-28-33-24-17-23(31)27(18-26(24)44-34-28)45(41,42)32-19-22-13-11-21(12-14-22)8-5-4-6-16-43(39,40)20-29(36)35-15-7-9-25(35)30(37)38/h11-14,17-18,25,28,32-34H,2-10,15-16,19-20H2,1H3,(H,37,38)(H,39,40). The highest BCUT2D eigenvalue weighted by atomic mass is 35.5. The zero-order valence-corrected chi connectivity index (χ0v) is 28.6. The van der Waals surface area contributed by atoms with Crippen molar-refractivity contribution in [3.8, 4) is 0 Å². The van der Waals surface area contributed by atoms with E-state index in [2.05, 4.69) is 21.7 Å². The van der Waals surface area contributed by atoms with Crippen LogP contribution in [0.5, 0.6) is 0 Å². The van der Waals surface area contributed by atoms with E-state index in [1.54, 1.807) is 12.1 Å². The van der Waals surface area contributed by atoms with Crippen LogP contribution in [-0.2, 0) is 37.1 Å². The number of nitrogens with one attached hydrogen (secondary N) is 3. The minimum Gasteiger partial charge on any atom is -0.480 e. The molecular weight excluding hydrogens is 659 g/mol. The summed E-state index contributed by atoms with van der Waals surface area (Å²) in [6.45, 7) is 2.54. The molecule has 248 valence electrons. The number of anilines is 1. The third-order valence-electron chi connectivity index (χ3n) is 8.01. The number of fused-ring (bicyclic) bond motifs is 1. The third kappa shape index (κ3) is 10.2. The van der Waals surface area contributed by atoms with Gasteiger partial charge in [-0.25, -0.2) is 22.7 Å². The van der Waals surface area contributed by atoms with Crippen molar-refractivity contribution in [2.75, 3.05) is 24.2 Å². The number of halogens is 1. The van der Waals surface area contributed by atoms with E-state index >= 15 is 0 Å². The van der Waals surface area contributed by atoms with E-state index in [9.17, 15) is 32.6 Å². The second-order valence-corrected chi connectivity index (χ2v) is 17.1. The van der Waals surface area contributed by atoms with Crippen LogP contribution in [0.15, 0.2) is 46.2 Å². The maximum atomic E-state index is 13.1. The lowest BCUT2D eigenvalue weighted by Crippen LogP contribution is -2.41. The van der Waals surface area contributed by atoms with Gasteiger partial charge in [-0.1, -0.05) is 62.1 Å². The number of amides is 1. The molecule has 0 saturated carbocycles. The fourth-order valence-corrected chi connectivity index (χ4v) is 9.45. The Morgan fingerprint density at radius 1 is 1.13 bits per heavy atom. The van der Waals surface area contributed by atoms with Crippen LogP contribution in [0.1, 0.15) is 69.4 Å². The molecule has 0 spiro atoms. The Morgan fingerprint density at radius 2 is 1.87 bits per heavy atom. The van der Waals surface area contributed by atoms with Crippen LogP contribution >= 0.6 is 30.9 Å². The summed E-state index contributed by atoms with van der Waals surface area (Å²) in [5.74, 6) is -1.65. The molecular formula is C30H42ClN4O7PS2. The molecule has 4 rings (SSSR count). The summed E-state index contributed by atoms with van der Waals surface area (Å²) in [6, 6.07) is 9.93. The first-order valence-electron chi connectivity index (χ1n) is 15.3. The first-order chi connectivity index (χ1) is 21.4. The number of carbonyl (C=O) groups is 2. The van der Waals surface area contributed by atoms with Gasteiger partial charge in [0.1, 0.15) is 17.1 Å².